The Hall–Kier alpha value is -1.56. The van der Waals surface area contributed by atoms with E-state index in [1.807, 2.05) is 6.08 Å². The highest BCUT2D eigenvalue weighted by molar-refractivity contribution is 5.84. The minimum Gasteiger partial charge on any atom is -0.103 e. The first-order valence-electron chi connectivity index (χ1n) is 8.93. The van der Waals surface area contributed by atoms with Gasteiger partial charge < -0.3 is 0 Å². The Morgan fingerprint density at radius 1 is 1.00 bits per heavy atom. The molecule has 22 heavy (non-hydrogen) atoms. The molecule has 0 heterocycles. The fraction of sp³-hybridized carbons (Fsp3) is 0.455. The Bertz CT molecular complexity index is 630. The van der Waals surface area contributed by atoms with Crippen molar-refractivity contribution in [2.45, 2.75) is 57.8 Å². The van der Waals surface area contributed by atoms with Gasteiger partial charge in [-0.25, -0.2) is 0 Å². The number of hydrogen-bond donors (Lipinski definition) is 0. The zero-order valence-electron chi connectivity index (χ0n) is 13.9. The summed E-state index contributed by atoms with van der Waals surface area (Å²) in [6.45, 7) is 6.15. The summed E-state index contributed by atoms with van der Waals surface area (Å²) < 4.78 is 0. The smallest absolute Gasteiger partial charge is 0.0162 e. The normalized spacial score (nSPS) is 21.9. The third kappa shape index (κ3) is 3.43. The van der Waals surface area contributed by atoms with Gasteiger partial charge in [-0.15, -0.1) is 6.58 Å². The van der Waals surface area contributed by atoms with Gasteiger partial charge in [-0.05, 0) is 72.3 Å². The van der Waals surface area contributed by atoms with E-state index in [9.17, 15) is 0 Å². The molecule has 1 saturated carbocycles. The Balaban J connectivity index is 1.77. The van der Waals surface area contributed by atoms with Crippen LogP contribution in [0.2, 0.25) is 0 Å². The highest BCUT2D eigenvalue weighted by atomic mass is 14.3. The van der Waals surface area contributed by atoms with Crippen LogP contribution in [0.15, 0.2) is 49.1 Å². The van der Waals surface area contributed by atoms with Crippen LogP contribution in [-0.2, 0) is 6.42 Å². The zero-order valence-corrected chi connectivity index (χ0v) is 13.9. The molecule has 0 atom stereocenters. The fourth-order valence-corrected chi connectivity index (χ4v) is 3.90. The van der Waals surface area contributed by atoms with E-state index in [0.717, 1.165) is 24.7 Å². The summed E-state index contributed by atoms with van der Waals surface area (Å²) in [5, 5.41) is 2.78. The van der Waals surface area contributed by atoms with E-state index < -0.39 is 0 Å². The van der Waals surface area contributed by atoms with E-state index in [1.54, 1.807) is 5.56 Å². The molecule has 0 aromatic heterocycles. The van der Waals surface area contributed by atoms with Crippen molar-refractivity contribution in [1.82, 2.24) is 0 Å². The Morgan fingerprint density at radius 3 is 2.45 bits per heavy atom. The molecule has 0 heteroatoms. The number of benzene rings is 2. The summed E-state index contributed by atoms with van der Waals surface area (Å²) in [5.74, 6) is 1.76. The lowest BCUT2D eigenvalue weighted by molar-refractivity contribution is 0.319. The van der Waals surface area contributed by atoms with Crippen LogP contribution < -0.4 is 0 Å². The van der Waals surface area contributed by atoms with Gasteiger partial charge >= 0.3 is 0 Å². The second kappa shape index (κ2) is 7.13. The molecular weight excluding hydrogens is 264 g/mol. The van der Waals surface area contributed by atoms with E-state index in [2.05, 4.69) is 49.9 Å². The second-order valence-corrected chi connectivity index (χ2v) is 6.89. The van der Waals surface area contributed by atoms with Crippen molar-refractivity contribution in [2.24, 2.45) is 5.92 Å². The quantitative estimate of drug-likeness (QED) is 0.542. The van der Waals surface area contributed by atoms with Crippen LogP contribution in [0, 0.1) is 5.92 Å². The highest BCUT2D eigenvalue weighted by Crippen LogP contribution is 2.37. The van der Waals surface area contributed by atoms with Gasteiger partial charge in [-0.2, -0.15) is 0 Å². The lowest BCUT2D eigenvalue weighted by atomic mass is 9.77. The van der Waals surface area contributed by atoms with Crippen LogP contribution >= 0.6 is 0 Å². The molecule has 1 aliphatic carbocycles. The van der Waals surface area contributed by atoms with E-state index >= 15 is 0 Å². The largest absolute Gasteiger partial charge is 0.103 e. The lowest BCUT2D eigenvalue weighted by Gasteiger charge is -2.28. The van der Waals surface area contributed by atoms with Crippen LogP contribution in [-0.4, -0.2) is 0 Å². The van der Waals surface area contributed by atoms with Crippen LogP contribution in [0.1, 0.15) is 62.5 Å². The van der Waals surface area contributed by atoms with E-state index in [0.29, 0.717) is 0 Å². The number of allylic oxidation sites excluding steroid dienone is 1. The maximum atomic E-state index is 3.81. The van der Waals surface area contributed by atoms with Gasteiger partial charge in [0.15, 0.2) is 0 Å². The van der Waals surface area contributed by atoms with Crippen LogP contribution in [0.3, 0.4) is 0 Å². The van der Waals surface area contributed by atoms with Gasteiger partial charge in [0, 0.05) is 0 Å². The molecule has 0 aliphatic heterocycles. The minimum absolute atomic E-state index is 0.785. The first kappa shape index (κ1) is 15.3. The Labute approximate surface area is 135 Å². The molecule has 0 radical (unpaired) electrons. The van der Waals surface area contributed by atoms with Crippen molar-refractivity contribution in [3.8, 4) is 0 Å². The molecule has 2 aromatic rings. The van der Waals surface area contributed by atoms with Crippen LogP contribution in [0.5, 0.6) is 0 Å². The summed E-state index contributed by atoms with van der Waals surface area (Å²) in [7, 11) is 0. The van der Waals surface area contributed by atoms with Crippen molar-refractivity contribution in [2.75, 3.05) is 0 Å². The monoisotopic (exact) mass is 292 g/mol. The molecule has 0 N–H and O–H groups in total. The molecule has 0 spiro atoms. The molecule has 3 rings (SSSR count). The van der Waals surface area contributed by atoms with Gasteiger partial charge in [0.25, 0.3) is 0 Å². The molecule has 0 amide bonds. The van der Waals surface area contributed by atoms with Gasteiger partial charge in [0.05, 0.1) is 0 Å². The van der Waals surface area contributed by atoms with Crippen molar-refractivity contribution in [1.29, 1.82) is 0 Å². The van der Waals surface area contributed by atoms with Gasteiger partial charge in [0.2, 0.25) is 0 Å². The topological polar surface area (TPSA) is 0 Å². The molecular formula is C22H28. The lowest BCUT2D eigenvalue weighted by Crippen LogP contribution is -2.12. The maximum absolute atomic E-state index is 3.81. The summed E-state index contributed by atoms with van der Waals surface area (Å²) in [4.78, 5) is 0. The number of fused-ring (bicyclic) bond motifs is 1. The van der Waals surface area contributed by atoms with Gasteiger partial charge in [-0.1, -0.05) is 55.8 Å². The van der Waals surface area contributed by atoms with Crippen molar-refractivity contribution in [3.63, 3.8) is 0 Å². The zero-order chi connectivity index (χ0) is 15.4. The van der Waals surface area contributed by atoms with E-state index in [4.69, 9.17) is 0 Å². The second-order valence-electron chi connectivity index (χ2n) is 6.89. The SMILES string of the molecule is C=CCCc1ccc2cc(C3CCC(CC)CC3)ccc2c1. The highest BCUT2D eigenvalue weighted by Gasteiger charge is 2.21. The van der Waals surface area contributed by atoms with E-state index in [1.165, 1.54) is 48.4 Å². The van der Waals surface area contributed by atoms with Gasteiger partial charge in [0.1, 0.15) is 0 Å². The molecule has 0 saturated heterocycles. The average molecular weight is 292 g/mol. The molecule has 0 bridgehead atoms. The Kier molecular flexibility index (Phi) is 4.97. The standard InChI is InChI=1S/C22H28/c1-3-5-6-18-9-12-22-16-21(14-13-20(22)15-18)19-10-7-17(4-2)8-11-19/h3,9,12-17,19H,1,4-8,10-11H2,2H3. The van der Waals surface area contributed by atoms with Crippen molar-refractivity contribution < 1.29 is 0 Å². The third-order valence-electron chi connectivity index (χ3n) is 5.46. The summed E-state index contributed by atoms with van der Waals surface area (Å²) in [6.07, 6.45) is 11.1. The molecule has 1 fully saturated rings. The molecule has 1 aliphatic rings. The predicted molar refractivity (Wildman–Crippen MR) is 97.5 cm³/mol. The van der Waals surface area contributed by atoms with Crippen LogP contribution in [0.25, 0.3) is 10.8 Å². The number of aryl methyl sites for hydroxylation is 1. The molecule has 0 nitrogen and oxygen atoms in total. The van der Waals surface area contributed by atoms with Crippen LogP contribution in [0.4, 0.5) is 0 Å². The number of hydrogen-bond acceptors (Lipinski definition) is 0. The maximum Gasteiger partial charge on any atom is -0.0162 e. The van der Waals surface area contributed by atoms with Crippen molar-refractivity contribution >= 4 is 10.8 Å². The fourth-order valence-electron chi connectivity index (χ4n) is 3.90. The predicted octanol–water partition coefficient (Wildman–Crippen LogP) is 6.64. The summed E-state index contributed by atoms with van der Waals surface area (Å²) in [5.41, 5.74) is 2.98. The molecule has 116 valence electrons. The van der Waals surface area contributed by atoms with E-state index in [-0.39, 0.29) is 0 Å². The molecule has 2 aromatic carbocycles. The first-order valence-corrected chi connectivity index (χ1v) is 8.93. The first-order chi connectivity index (χ1) is 10.8. The minimum atomic E-state index is 0.785. The Morgan fingerprint density at radius 2 is 1.73 bits per heavy atom. The molecule has 0 unspecified atom stereocenters. The average Bonchev–Trinajstić information content (AvgIpc) is 2.59. The van der Waals surface area contributed by atoms with Gasteiger partial charge in [-0.3, -0.25) is 0 Å². The summed E-state index contributed by atoms with van der Waals surface area (Å²) in [6, 6.07) is 14.1. The van der Waals surface area contributed by atoms with Crippen molar-refractivity contribution in [3.05, 3.63) is 60.2 Å². The summed E-state index contributed by atoms with van der Waals surface area (Å²) >= 11 is 0. The number of rotatable bonds is 5. The third-order valence-corrected chi connectivity index (χ3v) is 5.46.